The summed E-state index contributed by atoms with van der Waals surface area (Å²) in [6, 6.07) is 30.5. The van der Waals surface area contributed by atoms with Gasteiger partial charge in [0.25, 0.3) is 8.32 Å². The number of fused-ring (bicyclic) bond motifs is 1. The van der Waals surface area contributed by atoms with Crippen molar-refractivity contribution in [1.29, 1.82) is 0 Å². The summed E-state index contributed by atoms with van der Waals surface area (Å²) in [6.45, 7) is 11.0. The van der Waals surface area contributed by atoms with Crippen molar-refractivity contribution in [2.24, 2.45) is 5.41 Å². The molecule has 0 amide bonds. The largest absolute Gasteiger partial charge is 0.507 e. The Hall–Kier alpha value is -4.70. The van der Waals surface area contributed by atoms with Gasteiger partial charge in [-0.3, -0.25) is 9.59 Å². The molecule has 0 saturated heterocycles. The fraction of sp³-hybridized carbons (Fsp3) is 0.300. The van der Waals surface area contributed by atoms with Crippen molar-refractivity contribution in [2.75, 3.05) is 20.5 Å². The molecule has 49 heavy (non-hydrogen) atoms. The highest BCUT2D eigenvalue weighted by molar-refractivity contribution is 6.99. The number of phenolic OH excluding ortho intramolecular Hbond substituents is 1. The van der Waals surface area contributed by atoms with Crippen LogP contribution in [0.3, 0.4) is 0 Å². The quantitative estimate of drug-likeness (QED) is 0.0450. The van der Waals surface area contributed by atoms with Gasteiger partial charge in [0.1, 0.15) is 34.5 Å². The highest BCUT2D eigenvalue weighted by Crippen LogP contribution is 2.37. The summed E-state index contributed by atoms with van der Waals surface area (Å²) in [4.78, 5) is 26.6. The van der Waals surface area contributed by atoms with E-state index >= 15 is 0 Å². The summed E-state index contributed by atoms with van der Waals surface area (Å²) in [5.41, 5.74) is -0.175. The molecule has 1 heterocycles. The summed E-state index contributed by atoms with van der Waals surface area (Å²) in [5.74, 6) is 0.0539. The van der Waals surface area contributed by atoms with Gasteiger partial charge in [0, 0.05) is 25.8 Å². The molecule has 0 fully saturated rings. The number of aromatic hydroxyl groups is 1. The van der Waals surface area contributed by atoms with Gasteiger partial charge < -0.3 is 28.2 Å². The monoisotopic (exact) mass is 680 g/mol. The van der Waals surface area contributed by atoms with E-state index in [9.17, 15) is 14.7 Å². The summed E-state index contributed by atoms with van der Waals surface area (Å²) in [7, 11) is -1.19. The number of ether oxygens (including phenoxy) is 3. The molecule has 0 saturated carbocycles. The Morgan fingerprint density at radius 2 is 1.45 bits per heavy atom. The minimum Gasteiger partial charge on any atom is -0.507 e. The predicted octanol–water partition coefficient (Wildman–Crippen LogP) is 7.44. The van der Waals surface area contributed by atoms with Gasteiger partial charge in [-0.05, 0) is 59.8 Å². The topological polar surface area (TPSA) is 104 Å². The van der Waals surface area contributed by atoms with Crippen molar-refractivity contribution >= 4 is 35.6 Å². The molecule has 8 nitrogen and oxygen atoms in total. The van der Waals surface area contributed by atoms with E-state index in [1.807, 2.05) is 26.0 Å². The number of carbonyl (C=O) groups excluding carboxylic acids is 1. The van der Waals surface area contributed by atoms with Crippen molar-refractivity contribution in [2.45, 2.75) is 52.5 Å². The SMILES string of the molecule is COCOc1cc(O)c2c(=O)c(-c3ccc(OC(=O)C(C)(C)CCCO[Si](c4ccccc4)(c4ccccc4)C(C)(C)C)cc3)coc2c1. The van der Waals surface area contributed by atoms with E-state index < -0.39 is 19.2 Å². The molecule has 256 valence electrons. The van der Waals surface area contributed by atoms with Crippen LogP contribution in [0.2, 0.25) is 5.04 Å². The van der Waals surface area contributed by atoms with Crippen LogP contribution in [0.15, 0.2) is 113 Å². The third kappa shape index (κ3) is 7.64. The number of benzene rings is 4. The van der Waals surface area contributed by atoms with Gasteiger partial charge in [0.15, 0.2) is 6.79 Å². The zero-order valence-electron chi connectivity index (χ0n) is 28.9. The maximum atomic E-state index is 13.3. The second-order valence-corrected chi connectivity index (χ2v) is 18.1. The summed E-state index contributed by atoms with van der Waals surface area (Å²) in [6.07, 6.45) is 2.58. The molecule has 0 bridgehead atoms. The smallest absolute Gasteiger partial charge is 0.316 e. The Kier molecular flexibility index (Phi) is 10.8. The Morgan fingerprint density at radius 3 is 2.02 bits per heavy atom. The molecular weight excluding hydrogens is 637 g/mol. The van der Waals surface area contributed by atoms with Crippen molar-refractivity contribution < 1.29 is 33.0 Å². The maximum Gasteiger partial charge on any atom is 0.316 e. The molecular formula is C40H44O8Si. The third-order valence-corrected chi connectivity index (χ3v) is 13.8. The lowest BCUT2D eigenvalue weighted by atomic mass is 9.88. The predicted molar refractivity (Wildman–Crippen MR) is 194 cm³/mol. The van der Waals surface area contributed by atoms with Crippen LogP contribution in [-0.2, 0) is 14.0 Å². The zero-order chi connectivity index (χ0) is 35.2. The van der Waals surface area contributed by atoms with Crippen molar-refractivity contribution in [3.63, 3.8) is 0 Å². The molecule has 0 aliphatic heterocycles. The third-order valence-electron chi connectivity index (χ3n) is 8.78. The van der Waals surface area contributed by atoms with Crippen LogP contribution in [0.1, 0.15) is 47.5 Å². The second-order valence-electron chi connectivity index (χ2n) is 13.8. The molecule has 1 N–H and O–H groups in total. The van der Waals surface area contributed by atoms with Crippen LogP contribution in [0.4, 0.5) is 0 Å². The van der Waals surface area contributed by atoms with Gasteiger partial charge in [0.2, 0.25) is 5.43 Å². The maximum absolute atomic E-state index is 13.3. The van der Waals surface area contributed by atoms with E-state index in [4.69, 9.17) is 23.1 Å². The zero-order valence-corrected chi connectivity index (χ0v) is 29.9. The normalized spacial score (nSPS) is 12.2. The number of rotatable bonds is 13. The molecule has 4 aromatic carbocycles. The van der Waals surface area contributed by atoms with Gasteiger partial charge in [-0.2, -0.15) is 0 Å². The molecule has 0 spiro atoms. The molecule has 5 aromatic rings. The van der Waals surface area contributed by atoms with Crippen LogP contribution < -0.4 is 25.3 Å². The van der Waals surface area contributed by atoms with E-state index in [0.717, 1.165) is 0 Å². The highest BCUT2D eigenvalue weighted by Gasteiger charge is 2.50. The molecule has 9 heteroatoms. The first-order chi connectivity index (χ1) is 23.4. The van der Waals surface area contributed by atoms with Gasteiger partial charge in [-0.15, -0.1) is 0 Å². The summed E-state index contributed by atoms with van der Waals surface area (Å²) < 4.78 is 28.7. The lowest BCUT2D eigenvalue weighted by Crippen LogP contribution is -2.66. The van der Waals surface area contributed by atoms with Gasteiger partial charge in [-0.1, -0.05) is 93.6 Å². The fourth-order valence-corrected chi connectivity index (χ4v) is 10.8. The van der Waals surface area contributed by atoms with Crippen LogP contribution >= 0.6 is 0 Å². The van der Waals surface area contributed by atoms with E-state index in [0.29, 0.717) is 36.5 Å². The van der Waals surface area contributed by atoms with E-state index in [1.54, 1.807) is 24.3 Å². The molecule has 0 atom stereocenters. The average molecular weight is 681 g/mol. The van der Waals surface area contributed by atoms with Gasteiger partial charge in [-0.25, -0.2) is 0 Å². The van der Waals surface area contributed by atoms with E-state index in [-0.39, 0.29) is 40.1 Å². The molecule has 0 aliphatic carbocycles. The Bertz CT molecular complexity index is 1890. The van der Waals surface area contributed by atoms with Crippen LogP contribution in [0.5, 0.6) is 17.2 Å². The number of hydrogen-bond donors (Lipinski definition) is 1. The van der Waals surface area contributed by atoms with E-state index in [1.165, 1.54) is 35.9 Å². The first kappa shape index (κ1) is 35.6. The number of esters is 1. The average Bonchev–Trinajstić information content (AvgIpc) is 3.08. The minimum absolute atomic E-state index is 0.0151. The fourth-order valence-electron chi connectivity index (χ4n) is 6.17. The first-order valence-corrected chi connectivity index (χ1v) is 18.3. The lowest BCUT2D eigenvalue weighted by Gasteiger charge is -2.43. The first-order valence-electron chi connectivity index (χ1n) is 16.4. The van der Waals surface area contributed by atoms with E-state index in [2.05, 4.69) is 69.3 Å². The van der Waals surface area contributed by atoms with Crippen LogP contribution in [0, 0.1) is 5.41 Å². The number of hydrogen-bond acceptors (Lipinski definition) is 8. The second kappa shape index (κ2) is 14.8. The van der Waals surface area contributed by atoms with Crippen molar-refractivity contribution in [3.8, 4) is 28.4 Å². The number of phenols is 1. The number of methoxy groups -OCH3 is 1. The summed E-state index contributed by atoms with van der Waals surface area (Å²) >= 11 is 0. The molecule has 0 aliphatic rings. The number of carbonyl (C=O) groups is 1. The Balaban J connectivity index is 1.25. The van der Waals surface area contributed by atoms with Gasteiger partial charge in [0.05, 0.1) is 11.0 Å². The molecule has 0 radical (unpaired) electrons. The lowest BCUT2D eigenvalue weighted by molar-refractivity contribution is -0.144. The Morgan fingerprint density at radius 1 is 0.837 bits per heavy atom. The summed E-state index contributed by atoms with van der Waals surface area (Å²) in [5, 5.41) is 12.9. The van der Waals surface area contributed by atoms with Gasteiger partial charge >= 0.3 is 5.97 Å². The molecule has 0 unspecified atom stereocenters. The highest BCUT2D eigenvalue weighted by atomic mass is 28.4. The molecule has 1 aromatic heterocycles. The minimum atomic E-state index is -2.67. The van der Waals surface area contributed by atoms with Crippen LogP contribution in [-0.4, -0.2) is 39.9 Å². The van der Waals surface area contributed by atoms with Crippen molar-refractivity contribution in [3.05, 3.63) is 114 Å². The molecule has 5 rings (SSSR count). The van der Waals surface area contributed by atoms with Crippen LogP contribution in [0.25, 0.3) is 22.1 Å². The van der Waals surface area contributed by atoms with Crippen molar-refractivity contribution in [1.82, 2.24) is 0 Å². The standard InChI is InChI=1S/C40H44O8Si/c1-39(2,3)49(31-14-9-7-10-15-31,32-16-11-8-12-17-32)47-23-13-22-40(4,5)38(43)48-29-20-18-28(19-21-29)33-26-45-35-25-30(46-27-44-6)24-34(41)36(35)37(33)42/h7-12,14-21,24-26,41H,13,22-23,27H2,1-6H3. The Labute approximate surface area is 288 Å².